The molecular weight excluding hydrogens is 569 g/mol. The number of alkyl halides is 3. The molecule has 0 spiro atoms. The Morgan fingerprint density at radius 1 is 0.872 bits per heavy atom. The van der Waals surface area contributed by atoms with Crippen LogP contribution in [-0.2, 0) is 42.8 Å². The second-order valence-corrected chi connectivity index (χ2v) is 10.8. The van der Waals surface area contributed by atoms with Crippen LogP contribution in [0.1, 0.15) is 24.2 Å². The normalized spacial score (nSPS) is 23.5. The Kier molecular flexibility index (Phi) is 9.98. The van der Waals surface area contributed by atoms with Crippen molar-refractivity contribution in [1.82, 2.24) is 0 Å². The van der Waals surface area contributed by atoms with Crippen LogP contribution in [0.2, 0.25) is 0 Å². The van der Waals surface area contributed by atoms with Crippen LogP contribution < -0.4 is 0 Å². The molecule has 0 aromatic heterocycles. The maximum atomic E-state index is 13.4. The molecule has 212 valence electrons. The molecule has 15 heteroatoms. The third-order valence-electron chi connectivity index (χ3n) is 5.11. The molecule has 0 bridgehead atoms. The van der Waals surface area contributed by atoms with Crippen molar-refractivity contribution in [3.05, 3.63) is 66.2 Å². The van der Waals surface area contributed by atoms with Gasteiger partial charge in [-0.1, -0.05) is 48.2 Å². The number of ether oxygens (including phenoxy) is 4. The highest BCUT2D eigenvalue weighted by Crippen LogP contribution is 2.40. The minimum atomic E-state index is -6.26. The molecule has 0 saturated carbocycles. The molecule has 1 fully saturated rings. The van der Waals surface area contributed by atoms with E-state index in [2.05, 4.69) is 4.18 Å². The molecule has 1 heterocycles. The van der Waals surface area contributed by atoms with E-state index >= 15 is 0 Å². The van der Waals surface area contributed by atoms with Gasteiger partial charge in [0.15, 0.2) is 18.3 Å². The average Bonchev–Trinajstić information content (AvgIpc) is 2.86. The minimum absolute atomic E-state index is 0.0354. The summed E-state index contributed by atoms with van der Waals surface area (Å²) in [5.74, 6) is -2.81. The molecule has 1 aliphatic rings. The molecule has 3 rings (SSSR count). The van der Waals surface area contributed by atoms with Crippen LogP contribution in [0.5, 0.6) is 0 Å². The molecule has 0 amide bonds. The maximum absolute atomic E-state index is 13.4. The van der Waals surface area contributed by atoms with Gasteiger partial charge in [0.1, 0.15) is 18.1 Å². The third-order valence-corrected chi connectivity index (χ3v) is 7.31. The Balaban J connectivity index is 2.11. The zero-order chi connectivity index (χ0) is 28.8. The van der Waals surface area contributed by atoms with E-state index in [-0.39, 0.29) is 5.56 Å². The second-order valence-electron chi connectivity index (χ2n) is 8.05. The first-order chi connectivity index (χ1) is 18.3. The molecule has 2 aromatic carbocycles. The Bertz CT molecular complexity index is 1260. The largest absolute Gasteiger partial charge is 0.523 e. The van der Waals surface area contributed by atoms with Crippen LogP contribution in [0.15, 0.2) is 65.6 Å². The predicted molar refractivity (Wildman–Crippen MR) is 129 cm³/mol. The van der Waals surface area contributed by atoms with Crippen molar-refractivity contribution < 1.29 is 59.1 Å². The first-order valence-electron chi connectivity index (χ1n) is 11.2. The quantitative estimate of drug-likeness (QED) is 0.184. The molecule has 10 nitrogen and oxygen atoms in total. The summed E-state index contributed by atoms with van der Waals surface area (Å²) in [6, 6.07) is 15.3. The molecule has 0 aliphatic carbocycles. The number of esters is 3. The zero-order valence-electron chi connectivity index (χ0n) is 20.4. The summed E-state index contributed by atoms with van der Waals surface area (Å²) in [6.45, 7) is 1.47. The van der Waals surface area contributed by atoms with Gasteiger partial charge in [0.2, 0.25) is 0 Å². The fraction of sp³-hybridized carbons (Fsp3) is 0.375. The highest BCUT2D eigenvalue weighted by atomic mass is 32.2. The van der Waals surface area contributed by atoms with Crippen molar-refractivity contribution in [1.29, 1.82) is 0 Å². The van der Waals surface area contributed by atoms with Crippen molar-refractivity contribution in [3.63, 3.8) is 0 Å². The maximum Gasteiger partial charge on any atom is 0.523 e. The standard InChI is InChI=1S/C24H23F3O10S2/c1-14(28)33-13-18-19(34-15(2)29)20(36-22(30)16-9-5-3-6-10-16)21(37-39(31,32)24(25,26)27)23(35-18)38-17-11-7-4-8-12-17/h3-12,18-21,23H,13H2,1-2H3/t18-,19-,20+,21+,23+/m1/s1. The predicted octanol–water partition coefficient (Wildman–Crippen LogP) is 3.46. The number of thioether (sulfide) groups is 1. The lowest BCUT2D eigenvalue weighted by Crippen LogP contribution is -2.62. The van der Waals surface area contributed by atoms with Gasteiger partial charge in [-0.3, -0.25) is 13.8 Å². The van der Waals surface area contributed by atoms with Gasteiger partial charge in [-0.2, -0.15) is 21.6 Å². The highest BCUT2D eigenvalue weighted by Gasteiger charge is 2.57. The van der Waals surface area contributed by atoms with Crippen molar-refractivity contribution in [2.75, 3.05) is 6.61 Å². The lowest BCUT2D eigenvalue weighted by atomic mass is 9.99. The smallest absolute Gasteiger partial charge is 0.463 e. The van der Waals surface area contributed by atoms with Crippen LogP contribution in [-0.4, -0.2) is 68.3 Å². The Labute approximate surface area is 225 Å². The number of carbonyl (C=O) groups is 3. The first-order valence-corrected chi connectivity index (χ1v) is 13.5. The number of hydrogen-bond donors (Lipinski definition) is 0. The molecule has 5 atom stereocenters. The fourth-order valence-electron chi connectivity index (χ4n) is 3.48. The monoisotopic (exact) mass is 592 g/mol. The topological polar surface area (TPSA) is 132 Å². The van der Waals surface area contributed by atoms with Crippen molar-refractivity contribution in [2.45, 2.75) is 54.1 Å². The summed E-state index contributed by atoms with van der Waals surface area (Å²) in [6.07, 6.45) is -7.22. The van der Waals surface area contributed by atoms with E-state index in [9.17, 15) is 36.0 Å². The SMILES string of the molecule is CC(=O)OC[C@H]1O[C@@H](Sc2ccccc2)[C@@H](OS(=O)(=O)C(F)(F)F)[C@@H](OC(=O)c2ccccc2)[C@@H]1OC(C)=O. The van der Waals surface area contributed by atoms with Crippen LogP contribution >= 0.6 is 11.8 Å². The van der Waals surface area contributed by atoms with E-state index in [0.717, 1.165) is 25.6 Å². The minimum Gasteiger partial charge on any atom is -0.463 e. The van der Waals surface area contributed by atoms with Crippen LogP contribution in [0, 0.1) is 0 Å². The number of rotatable bonds is 9. The second kappa shape index (κ2) is 12.8. The Morgan fingerprint density at radius 3 is 2.00 bits per heavy atom. The van der Waals surface area contributed by atoms with Gasteiger partial charge >= 0.3 is 33.5 Å². The van der Waals surface area contributed by atoms with E-state index in [4.69, 9.17) is 18.9 Å². The van der Waals surface area contributed by atoms with Crippen LogP contribution in [0.4, 0.5) is 13.2 Å². The number of halogens is 3. The van der Waals surface area contributed by atoms with Crippen molar-refractivity contribution in [3.8, 4) is 0 Å². The van der Waals surface area contributed by atoms with Gasteiger partial charge in [-0.05, 0) is 24.3 Å². The van der Waals surface area contributed by atoms with Crippen LogP contribution in [0.25, 0.3) is 0 Å². The summed E-state index contributed by atoms with van der Waals surface area (Å²) < 4.78 is 90.4. The van der Waals surface area contributed by atoms with E-state index in [1.165, 1.54) is 24.3 Å². The van der Waals surface area contributed by atoms with Gasteiger partial charge in [0.25, 0.3) is 0 Å². The molecule has 1 saturated heterocycles. The van der Waals surface area contributed by atoms with Gasteiger partial charge in [0.05, 0.1) is 5.56 Å². The lowest BCUT2D eigenvalue weighted by molar-refractivity contribution is -0.219. The summed E-state index contributed by atoms with van der Waals surface area (Å²) in [5, 5.41) is 0. The molecular formula is C24H23F3O10S2. The van der Waals surface area contributed by atoms with E-state index in [1.807, 2.05) is 0 Å². The lowest BCUT2D eigenvalue weighted by Gasteiger charge is -2.44. The molecule has 0 radical (unpaired) electrons. The number of benzene rings is 2. The Hall–Kier alpha value is -3.14. The first kappa shape index (κ1) is 30.4. The molecule has 2 aromatic rings. The summed E-state index contributed by atoms with van der Waals surface area (Å²) in [5.41, 5.74) is -7.45. The van der Waals surface area contributed by atoms with Gasteiger partial charge in [0, 0.05) is 18.7 Å². The number of hydrogen-bond acceptors (Lipinski definition) is 11. The van der Waals surface area contributed by atoms with Crippen molar-refractivity contribution >= 4 is 39.8 Å². The zero-order valence-corrected chi connectivity index (χ0v) is 22.0. The van der Waals surface area contributed by atoms with Gasteiger partial charge < -0.3 is 18.9 Å². The van der Waals surface area contributed by atoms with E-state index in [1.54, 1.807) is 36.4 Å². The number of carbonyl (C=O) groups excluding carboxylic acids is 3. The molecule has 39 heavy (non-hydrogen) atoms. The average molecular weight is 593 g/mol. The fourth-order valence-corrected chi connectivity index (χ4v) is 5.29. The Morgan fingerprint density at radius 2 is 1.46 bits per heavy atom. The third kappa shape index (κ3) is 8.17. The summed E-state index contributed by atoms with van der Waals surface area (Å²) in [4.78, 5) is 36.8. The van der Waals surface area contributed by atoms with Gasteiger partial charge in [-0.25, -0.2) is 4.79 Å². The summed E-state index contributed by atoms with van der Waals surface area (Å²) >= 11 is 0.758. The molecule has 0 unspecified atom stereocenters. The molecule has 1 aliphatic heterocycles. The van der Waals surface area contributed by atoms with E-state index < -0.39 is 70.0 Å². The summed E-state index contributed by atoms with van der Waals surface area (Å²) in [7, 11) is -6.26. The highest BCUT2D eigenvalue weighted by molar-refractivity contribution is 7.99. The van der Waals surface area contributed by atoms with Crippen molar-refractivity contribution in [2.24, 2.45) is 0 Å². The van der Waals surface area contributed by atoms with E-state index in [0.29, 0.717) is 4.90 Å². The van der Waals surface area contributed by atoms with Crippen LogP contribution in [0.3, 0.4) is 0 Å². The molecule has 0 N–H and O–H groups in total. The van der Waals surface area contributed by atoms with Gasteiger partial charge in [-0.15, -0.1) is 0 Å².